The van der Waals surface area contributed by atoms with E-state index in [0.29, 0.717) is 12.1 Å². The molecule has 0 aromatic heterocycles. The quantitative estimate of drug-likeness (QED) is 0.150. The van der Waals surface area contributed by atoms with E-state index in [1.54, 1.807) is 0 Å². The molecule has 0 heterocycles. The van der Waals surface area contributed by atoms with Crippen molar-refractivity contribution in [3.8, 4) is 18.2 Å². The number of hydrogen-bond acceptors (Lipinski definition) is 3. The minimum atomic E-state index is -6.66. The van der Waals surface area contributed by atoms with Crippen LogP contribution < -0.4 is 0 Å². The predicted molar refractivity (Wildman–Crippen MR) is 146 cm³/mol. The monoisotopic (exact) mass is 843 g/mol. The van der Waals surface area contributed by atoms with Gasteiger partial charge < -0.3 is 0 Å². The molecule has 0 spiro atoms. The number of nitriles is 3. The van der Waals surface area contributed by atoms with Gasteiger partial charge in [0.05, 0.1) is 16.7 Å². The summed E-state index contributed by atoms with van der Waals surface area (Å²) in [6.07, 6.45) is -25.5. The number of benzene rings is 3. The molecule has 24 heteroatoms. The molecule has 0 amide bonds. The first-order valence-corrected chi connectivity index (χ1v) is 14.1. The van der Waals surface area contributed by atoms with Crippen LogP contribution in [-0.2, 0) is 24.7 Å². The molecule has 0 atom stereocenters. The molecule has 1 saturated carbocycles. The van der Waals surface area contributed by atoms with Crippen molar-refractivity contribution in [2.24, 2.45) is 0 Å². The molecular weight excluding hydrogens is 837 g/mol. The van der Waals surface area contributed by atoms with Crippen molar-refractivity contribution >= 4 is 16.7 Å². The Morgan fingerprint density at radius 2 is 0.596 bits per heavy atom. The van der Waals surface area contributed by atoms with Gasteiger partial charge in [0, 0.05) is 39.0 Å². The number of hydrogen-bond donors (Lipinski definition) is 0. The first-order valence-electron chi connectivity index (χ1n) is 14.1. The van der Waals surface area contributed by atoms with Gasteiger partial charge in [-0.3, -0.25) is 0 Å². The lowest BCUT2D eigenvalue weighted by Crippen LogP contribution is -2.22. The Bertz CT molecular complexity index is 2510. The molecule has 0 aliphatic heterocycles. The maximum Gasteiger partial charge on any atom is 0.422 e. The molecule has 0 unspecified atom stereocenters. The van der Waals surface area contributed by atoms with Crippen molar-refractivity contribution < 1.29 is 92.2 Å². The SMILES string of the molecule is Cc1c(F)c(F)c(C(C#N)=C2C(=C(C#N)c3c(C)c(F)c(C(F)(F)F)c(F)c3F)C2=C(C#N)c2c(F)c(F)c(C(F)(F)F)c(F)c2C(F)(F)F)c(C(F)(F)F)c1F. The molecule has 0 bridgehead atoms. The Balaban J connectivity index is 2.50. The Morgan fingerprint density at radius 1 is 0.333 bits per heavy atom. The van der Waals surface area contributed by atoms with Gasteiger partial charge in [-0.15, -0.1) is 0 Å². The fourth-order valence-electron chi connectivity index (χ4n) is 5.66. The normalized spacial score (nSPS) is 16.2. The highest BCUT2D eigenvalue weighted by Gasteiger charge is 2.52. The molecule has 0 radical (unpaired) electrons. The van der Waals surface area contributed by atoms with Crippen molar-refractivity contribution in [1.29, 1.82) is 15.8 Å². The lowest BCUT2D eigenvalue weighted by Gasteiger charge is -2.19. The van der Waals surface area contributed by atoms with Crippen LogP contribution >= 0.6 is 0 Å². The number of alkyl halides is 12. The summed E-state index contributed by atoms with van der Waals surface area (Å²) < 4.78 is 301. The largest absolute Gasteiger partial charge is 0.422 e. The van der Waals surface area contributed by atoms with Gasteiger partial charge in [-0.2, -0.15) is 68.5 Å². The van der Waals surface area contributed by atoms with Gasteiger partial charge in [-0.25, -0.2) is 39.5 Å². The van der Waals surface area contributed by atoms with E-state index in [-0.39, 0.29) is 13.8 Å². The molecular formula is C33H6F21N3. The number of halogens is 21. The summed E-state index contributed by atoms with van der Waals surface area (Å²) in [4.78, 5) is 0. The minimum Gasteiger partial charge on any atom is -0.206 e. The highest BCUT2D eigenvalue weighted by molar-refractivity contribution is 6.12. The van der Waals surface area contributed by atoms with Gasteiger partial charge in [0.2, 0.25) is 0 Å². The fourth-order valence-corrected chi connectivity index (χ4v) is 5.66. The lowest BCUT2D eigenvalue weighted by molar-refractivity contribution is -0.150. The highest BCUT2D eigenvalue weighted by atomic mass is 19.4. The summed E-state index contributed by atoms with van der Waals surface area (Å²) in [7, 11) is 0. The highest BCUT2D eigenvalue weighted by Crippen LogP contribution is 2.59. The van der Waals surface area contributed by atoms with Crippen molar-refractivity contribution in [2.45, 2.75) is 38.6 Å². The molecule has 57 heavy (non-hydrogen) atoms. The van der Waals surface area contributed by atoms with Crippen LogP contribution in [0.2, 0.25) is 0 Å². The maximum absolute atomic E-state index is 15.4. The van der Waals surface area contributed by atoms with E-state index < -0.39 is 161 Å². The Hall–Kier alpha value is -6.12. The molecule has 3 aromatic rings. The average Bonchev–Trinajstić information content (AvgIpc) is 3.77. The van der Waals surface area contributed by atoms with Crippen LogP contribution in [0, 0.1) is 100 Å². The topological polar surface area (TPSA) is 71.4 Å². The summed E-state index contributed by atoms with van der Waals surface area (Å²) >= 11 is 0. The molecule has 0 N–H and O–H groups in total. The van der Waals surface area contributed by atoms with Gasteiger partial charge >= 0.3 is 24.7 Å². The van der Waals surface area contributed by atoms with Crippen LogP contribution in [0.25, 0.3) is 16.7 Å². The van der Waals surface area contributed by atoms with Crippen LogP contribution in [0.1, 0.15) is 50.1 Å². The van der Waals surface area contributed by atoms with Crippen LogP contribution in [0.3, 0.4) is 0 Å². The van der Waals surface area contributed by atoms with Crippen LogP contribution in [0.5, 0.6) is 0 Å². The van der Waals surface area contributed by atoms with E-state index in [9.17, 15) is 90.4 Å². The second-order valence-electron chi connectivity index (χ2n) is 11.3. The van der Waals surface area contributed by atoms with Gasteiger partial charge in [-0.05, 0) is 19.4 Å². The van der Waals surface area contributed by atoms with Gasteiger partial charge in [-0.1, -0.05) is 0 Å². The van der Waals surface area contributed by atoms with Crippen molar-refractivity contribution in [3.63, 3.8) is 0 Å². The zero-order valence-electron chi connectivity index (χ0n) is 26.8. The summed E-state index contributed by atoms with van der Waals surface area (Å²) in [6.45, 7) is 0.315. The molecule has 4 rings (SSSR count). The van der Waals surface area contributed by atoms with E-state index in [0.717, 1.165) is 6.07 Å². The Kier molecular flexibility index (Phi) is 10.6. The Morgan fingerprint density at radius 3 is 0.930 bits per heavy atom. The van der Waals surface area contributed by atoms with E-state index in [1.807, 2.05) is 0 Å². The first kappa shape index (κ1) is 43.6. The standard InChI is InChI=1S/C33H6F21N3/c1-6-11(24(37)28(41)19(21(6)34)32(49,50)51)8(3-55)12-13(9(4-56)15-17(30(43,44)45)22(35)7(2)23(36)25(15)38)14(12)10(5-57)16-18(31(46,47)48)27(40)20(33(52,53)54)29(42)26(16)39/h1-2H3. The zero-order valence-corrected chi connectivity index (χ0v) is 26.8. The third kappa shape index (κ3) is 6.78. The number of allylic oxidation sites excluding steroid dienone is 6. The number of rotatable bonds is 3. The average molecular weight is 843 g/mol. The van der Waals surface area contributed by atoms with Crippen molar-refractivity contribution in [1.82, 2.24) is 0 Å². The summed E-state index contributed by atoms with van der Waals surface area (Å²) in [5.41, 5.74) is -37.2. The smallest absolute Gasteiger partial charge is 0.206 e. The lowest BCUT2D eigenvalue weighted by atomic mass is 9.93. The van der Waals surface area contributed by atoms with Crippen LogP contribution in [0.15, 0.2) is 16.7 Å². The molecule has 300 valence electrons. The fraction of sp³-hybridized carbons (Fsp3) is 0.182. The first-order chi connectivity index (χ1) is 25.9. The molecule has 3 nitrogen and oxygen atoms in total. The maximum atomic E-state index is 15.4. The van der Waals surface area contributed by atoms with Crippen LogP contribution in [-0.4, -0.2) is 0 Å². The van der Waals surface area contributed by atoms with Gasteiger partial charge in [0.1, 0.15) is 52.1 Å². The zero-order chi connectivity index (χ0) is 44.0. The van der Waals surface area contributed by atoms with E-state index in [1.165, 1.54) is 0 Å². The molecule has 1 aliphatic rings. The third-order valence-corrected chi connectivity index (χ3v) is 8.07. The van der Waals surface area contributed by atoms with Crippen molar-refractivity contribution in [2.75, 3.05) is 0 Å². The third-order valence-electron chi connectivity index (χ3n) is 8.07. The molecule has 1 fully saturated rings. The predicted octanol–water partition coefficient (Wildman–Crippen LogP) is 11.9. The molecule has 3 aromatic carbocycles. The second-order valence-corrected chi connectivity index (χ2v) is 11.3. The van der Waals surface area contributed by atoms with Crippen molar-refractivity contribution in [3.05, 3.63) is 119 Å². The second kappa shape index (κ2) is 13.8. The van der Waals surface area contributed by atoms with Gasteiger partial charge in [0.15, 0.2) is 40.7 Å². The van der Waals surface area contributed by atoms with Crippen LogP contribution in [0.4, 0.5) is 92.2 Å². The van der Waals surface area contributed by atoms with E-state index >= 15 is 17.6 Å². The summed E-state index contributed by atoms with van der Waals surface area (Å²) in [5, 5.41) is 29.7. The van der Waals surface area contributed by atoms with E-state index in [2.05, 4.69) is 0 Å². The minimum absolute atomic E-state index is 0.125. The van der Waals surface area contributed by atoms with E-state index in [4.69, 9.17) is 0 Å². The number of nitrogens with zero attached hydrogens (tertiary/aromatic N) is 3. The Labute approximate surface area is 301 Å². The molecule has 0 saturated heterocycles. The van der Waals surface area contributed by atoms with Gasteiger partial charge in [0.25, 0.3) is 0 Å². The summed E-state index contributed by atoms with van der Waals surface area (Å²) in [5.74, 6) is -27.9. The molecule has 1 aliphatic carbocycles. The summed E-state index contributed by atoms with van der Waals surface area (Å²) in [6, 6.07) is 1.92.